The number of hydrogen-bond donors (Lipinski definition) is 0. The van der Waals surface area contributed by atoms with E-state index in [4.69, 9.17) is 11.6 Å². The van der Waals surface area contributed by atoms with Gasteiger partial charge in [-0.2, -0.15) is 13.2 Å². The molecule has 0 saturated heterocycles. The number of aromatic nitrogens is 1. The molecule has 0 radical (unpaired) electrons. The van der Waals surface area contributed by atoms with Gasteiger partial charge in [0, 0.05) is 0 Å². The maximum Gasteiger partial charge on any atom is 0.427 e. The summed E-state index contributed by atoms with van der Waals surface area (Å²) in [6.45, 7) is 3.20. The molecule has 0 amide bonds. The topological polar surface area (TPSA) is 12.9 Å². The third-order valence-electron chi connectivity index (χ3n) is 1.08. The quantitative estimate of drug-likeness (QED) is 0.696. The summed E-state index contributed by atoms with van der Waals surface area (Å²) >= 11 is 5.71. The third-order valence-corrected chi connectivity index (χ3v) is 2.30. The van der Waals surface area contributed by atoms with Crippen LogP contribution in [0.5, 0.6) is 0 Å². The zero-order chi connectivity index (χ0) is 9.35. The fraction of sp³-hybridized carbons (Fsp3) is 0.167. The maximum atomic E-state index is 12.1. The highest BCUT2D eigenvalue weighted by atomic mass is 35.5. The molecular weight excluding hydrogens is 211 g/mol. The van der Waals surface area contributed by atoms with Gasteiger partial charge in [0.25, 0.3) is 0 Å². The molecule has 0 fully saturated rings. The summed E-state index contributed by atoms with van der Waals surface area (Å²) in [6.07, 6.45) is -3.36. The van der Waals surface area contributed by atoms with Gasteiger partial charge in [0.15, 0.2) is 4.47 Å². The minimum Gasteiger partial charge on any atom is -0.225 e. The molecule has 0 bridgehead atoms. The monoisotopic (exact) mass is 213 g/mol. The van der Waals surface area contributed by atoms with Crippen molar-refractivity contribution in [2.45, 2.75) is 6.18 Å². The van der Waals surface area contributed by atoms with Crippen molar-refractivity contribution < 1.29 is 13.2 Å². The highest BCUT2D eigenvalue weighted by Gasteiger charge is 2.36. The Labute approximate surface area is 75.5 Å². The first-order valence-electron chi connectivity index (χ1n) is 2.81. The fourth-order valence-corrected chi connectivity index (χ4v) is 1.63. The Bertz CT molecular complexity index is 304. The normalized spacial score (nSPS) is 11.7. The van der Waals surface area contributed by atoms with Crippen LogP contribution < -0.4 is 0 Å². The van der Waals surface area contributed by atoms with Crippen molar-refractivity contribution >= 4 is 29.0 Å². The summed E-state index contributed by atoms with van der Waals surface area (Å²) < 4.78 is 36.2. The molecule has 0 spiro atoms. The predicted molar refractivity (Wildman–Crippen MR) is 42.2 cm³/mol. The predicted octanol–water partition coefficient (Wildman–Crippen LogP) is 3.46. The fourth-order valence-electron chi connectivity index (χ4n) is 0.646. The van der Waals surface area contributed by atoms with Crippen molar-refractivity contribution in [2.24, 2.45) is 0 Å². The van der Waals surface area contributed by atoms with Crippen molar-refractivity contribution in [3.63, 3.8) is 0 Å². The lowest BCUT2D eigenvalue weighted by Gasteiger charge is -2.01. The summed E-state index contributed by atoms with van der Waals surface area (Å²) in [5, 5.41) is 0. The van der Waals surface area contributed by atoms with Gasteiger partial charge in [-0.25, -0.2) is 4.98 Å². The minimum absolute atomic E-state index is 0.128. The first kappa shape index (κ1) is 9.54. The first-order valence-corrected chi connectivity index (χ1v) is 4.00. The van der Waals surface area contributed by atoms with E-state index >= 15 is 0 Å². The largest absolute Gasteiger partial charge is 0.427 e. The van der Waals surface area contributed by atoms with Crippen LogP contribution in [0.25, 0.3) is 6.08 Å². The van der Waals surface area contributed by atoms with Gasteiger partial charge in [-0.1, -0.05) is 29.5 Å². The molecule has 1 nitrogen and oxygen atoms in total. The summed E-state index contributed by atoms with van der Waals surface area (Å²) in [6, 6.07) is 0. The molecule has 1 aromatic heterocycles. The van der Waals surface area contributed by atoms with Crippen molar-refractivity contribution in [2.75, 3.05) is 0 Å². The lowest BCUT2D eigenvalue weighted by atomic mass is 10.3. The summed E-state index contributed by atoms with van der Waals surface area (Å²) in [5.74, 6) is 0. The second-order valence-electron chi connectivity index (χ2n) is 1.88. The molecule has 6 heteroatoms. The molecule has 0 aromatic carbocycles. The van der Waals surface area contributed by atoms with E-state index in [9.17, 15) is 13.2 Å². The Kier molecular flexibility index (Phi) is 2.44. The molecule has 0 N–H and O–H groups in total. The Morgan fingerprint density at radius 1 is 1.50 bits per heavy atom. The lowest BCUT2D eigenvalue weighted by Crippen LogP contribution is -2.03. The number of halogens is 4. The molecule has 66 valence electrons. The van der Waals surface area contributed by atoms with Gasteiger partial charge in [0.1, 0.15) is 4.88 Å². The van der Waals surface area contributed by atoms with Crippen molar-refractivity contribution in [3.05, 3.63) is 21.6 Å². The van der Waals surface area contributed by atoms with Crippen LogP contribution in [-0.4, -0.2) is 4.98 Å². The molecule has 0 unspecified atom stereocenters. The Morgan fingerprint density at radius 3 is 2.42 bits per heavy atom. The van der Waals surface area contributed by atoms with Crippen LogP contribution in [0.2, 0.25) is 4.47 Å². The molecule has 1 rings (SSSR count). The number of nitrogens with zero attached hydrogens (tertiary/aromatic N) is 1. The number of rotatable bonds is 1. The molecule has 0 atom stereocenters. The van der Waals surface area contributed by atoms with Crippen LogP contribution in [-0.2, 0) is 6.18 Å². The van der Waals surface area contributed by atoms with E-state index in [1.807, 2.05) is 0 Å². The van der Waals surface area contributed by atoms with Crippen LogP contribution >= 0.6 is 22.9 Å². The summed E-state index contributed by atoms with van der Waals surface area (Å²) in [7, 11) is 0. The lowest BCUT2D eigenvalue weighted by molar-refractivity contribution is -0.134. The molecule has 12 heavy (non-hydrogen) atoms. The first-order chi connectivity index (χ1) is 5.45. The van der Waals surface area contributed by atoms with Gasteiger partial charge < -0.3 is 0 Å². The van der Waals surface area contributed by atoms with E-state index in [-0.39, 0.29) is 10.2 Å². The number of alkyl halides is 3. The van der Waals surface area contributed by atoms with E-state index in [1.165, 1.54) is 0 Å². The highest BCUT2D eigenvalue weighted by Crippen LogP contribution is 2.38. The van der Waals surface area contributed by atoms with E-state index in [2.05, 4.69) is 11.6 Å². The smallest absolute Gasteiger partial charge is 0.225 e. The van der Waals surface area contributed by atoms with Gasteiger partial charge in [0.2, 0.25) is 0 Å². The summed E-state index contributed by atoms with van der Waals surface area (Å²) in [4.78, 5) is 2.64. The van der Waals surface area contributed by atoms with Crippen LogP contribution in [0.4, 0.5) is 13.2 Å². The summed E-state index contributed by atoms with van der Waals surface area (Å²) in [5.41, 5.74) is -0.211. The second kappa shape index (κ2) is 3.06. The second-order valence-corrected chi connectivity index (χ2v) is 3.46. The van der Waals surface area contributed by atoms with E-state index in [0.717, 1.165) is 6.08 Å². The average molecular weight is 214 g/mol. The zero-order valence-electron chi connectivity index (χ0n) is 5.65. The number of thiazole rings is 1. The maximum absolute atomic E-state index is 12.1. The molecule has 0 saturated carbocycles. The molecule has 0 aliphatic carbocycles. The van der Waals surface area contributed by atoms with Crippen LogP contribution in [0.1, 0.15) is 10.6 Å². The average Bonchev–Trinajstić information content (AvgIpc) is 2.29. The van der Waals surface area contributed by atoms with Gasteiger partial charge in [-0.05, 0) is 6.08 Å². The Hall–Kier alpha value is -0.550. The molecule has 0 aliphatic rings. The van der Waals surface area contributed by atoms with Gasteiger partial charge in [-0.15, -0.1) is 0 Å². The SMILES string of the molecule is C=Cc1nc(Cl)sc1C(F)(F)F. The van der Waals surface area contributed by atoms with Crippen LogP contribution in [0.15, 0.2) is 6.58 Å². The third kappa shape index (κ3) is 1.78. The van der Waals surface area contributed by atoms with E-state index < -0.39 is 11.1 Å². The zero-order valence-corrected chi connectivity index (χ0v) is 7.22. The van der Waals surface area contributed by atoms with Crippen molar-refractivity contribution in [1.29, 1.82) is 0 Å². The molecule has 1 heterocycles. The molecular formula is C6H3ClF3NS. The minimum atomic E-state index is -4.39. The Morgan fingerprint density at radius 2 is 2.08 bits per heavy atom. The number of hydrogen-bond acceptors (Lipinski definition) is 2. The van der Waals surface area contributed by atoms with Gasteiger partial charge in [0.05, 0.1) is 5.69 Å². The van der Waals surface area contributed by atoms with Crippen molar-refractivity contribution in [1.82, 2.24) is 4.98 Å². The standard InChI is InChI=1S/C6H3ClF3NS/c1-2-3-4(6(8,9)10)12-5(7)11-3/h2H,1H2. The molecule has 1 aromatic rings. The van der Waals surface area contributed by atoms with E-state index in [0.29, 0.717) is 11.3 Å². The van der Waals surface area contributed by atoms with Crippen LogP contribution in [0.3, 0.4) is 0 Å². The van der Waals surface area contributed by atoms with E-state index in [1.54, 1.807) is 0 Å². The van der Waals surface area contributed by atoms with Gasteiger partial charge in [-0.3, -0.25) is 0 Å². The van der Waals surface area contributed by atoms with Crippen molar-refractivity contribution in [3.8, 4) is 0 Å². The van der Waals surface area contributed by atoms with Crippen LogP contribution in [0, 0.1) is 0 Å². The Balaban J connectivity index is 3.22. The highest BCUT2D eigenvalue weighted by molar-refractivity contribution is 7.16. The molecule has 0 aliphatic heterocycles. The van der Waals surface area contributed by atoms with Gasteiger partial charge >= 0.3 is 6.18 Å².